The van der Waals surface area contributed by atoms with Crippen molar-refractivity contribution in [2.24, 2.45) is 5.84 Å². The molecule has 2 heterocycles. The van der Waals surface area contributed by atoms with Crippen LogP contribution < -0.4 is 16.2 Å². The lowest BCUT2D eigenvalue weighted by molar-refractivity contribution is -0.385. The Balaban J connectivity index is 2.53. The van der Waals surface area contributed by atoms with Crippen LogP contribution in [0.5, 0.6) is 0 Å². The number of hydrogen-bond donors (Lipinski definition) is 2. The lowest BCUT2D eigenvalue weighted by Crippen LogP contribution is -2.49. The summed E-state index contributed by atoms with van der Waals surface area (Å²) in [5, 5.41) is 11.4. The quantitative estimate of drug-likeness (QED) is 0.479. The number of nitrogens with one attached hydrogen (secondary N) is 1. The summed E-state index contributed by atoms with van der Waals surface area (Å²) in [7, 11) is 0. The summed E-state index contributed by atoms with van der Waals surface area (Å²) in [5.74, 6) is 5.81. The number of nitrogen functional groups attached to an aromatic ring is 1. The third-order valence-electron chi connectivity index (χ3n) is 3.56. The van der Waals surface area contributed by atoms with Crippen molar-refractivity contribution in [3.8, 4) is 0 Å². The Morgan fingerprint density at radius 3 is 2.86 bits per heavy atom. The molecular weight excluding hydrogens is 276 g/mol. The van der Waals surface area contributed by atoms with Gasteiger partial charge in [-0.1, -0.05) is 6.92 Å². The highest BCUT2D eigenvalue weighted by atomic mass is 16.6. The Hall–Kier alpha value is -2.00. The van der Waals surface area contributed by atoms with Crippen LogP contribution >= 0.6 is 0 Å². The van der Waals surface area contributed by atoms with Crippen LogP contribution in [0.4, 0.5) is 17.5 Å². The molecule has 2 unspecified atom stereocenters. The van der Waals surface area contributed by atoms with Gasteiger partial charge in [0.1, 0.15) is 5.69 Å². The van der Waals surface area contributed by atoms with Crippen molar-refractivity contribution in [1.29, 1.82) is 0 Å². The van der Waals surface area contributed by atoms with Gasteiger partial charge in [-0.15, -0.1) is 0 Å². The Labute approximate surface area is 122 Å². The monoisotopic (exact) mass is 296 g/mol. The molecule has 1 aromatic rings. The first kappa shape index (κ1) is 15.4. The summed E-state index contributed by atoms with van der Waals surface area (Å²) in [5.41, 5.74) is 2.56. The SMILES string of the molecule is CCC1COC(C)CN1c1nc(NN)nc(C)c1[N+](=O)[O-]. The van der Waals surface area contributed by atoms with E-state index in [0.29, 0.717) is 19.0 Å². The molecule has 0 bridgehead atoms. The number of morpholine rings is 1. The van der Waals surface area contributed by atoms with Gasteiger partial charge in [0.25, 0.3) is 0 Å². The molecule has 116 valence electrons. The van der Waals surface area contributed by atoms with E-state index in [-0.39, 0.29) is 29.5 Å². The Kier molecular flexibility index (Phi) is 4.53. The van der Waals surface area contributed by atoms with E-state index in [9.17, 15) is 10.1 Å². The first-order chi connectivity index (χ1) is 9.97. The molecule has 2 atom stereocenters. The van der Waals surface area contributed by atoms with Gasteiger partial charge < -0.3 is 9.64 Å². The number of nitro groups is 1. The van der Waals surface area contributed by atoms with Gasteiger partial charge in [0.05, 0.1) is 23.7 Å². The van der Waals surface area contributed by atoms with Gasteiger partial charge in [-0.3, -0.25) is 15.5 Å². The van der Waals surface area contributed by atoms with Crippen molar-refractivity contribution in [2.45, 2.75) is 39.3 Å². The molecule has 0 aliphatic carbocycles. The maximum absolute atomic E-state index is 11.4. The Morgan fingerprint density at radius 1 is 1.57 bits per heavy atom. The summed E-state index contributed by atoms with van der Waals surface area (Å²) in [6.45, 7) is 6.58. The fourth-order valence-electron chi connectivity index (χ4n) is 2.47. The highest BCUT2D eigenvalue weighted by Crippen LogP contribution is 2.33. The lowest BCUT2D eigenvalue weighted by atomic mass is 10.1. The second kappa shape index (κ2) is 6.19. The highest BCUT2D eigenvalue weighted by Gasteiger charge is 2.33. The van der Waals surface area contributed by atoms with E-state index in [4.69, 9.17) is 10.6 Å². The van der Waals surface area contributed by atoms with E-state index in [0.717, 1.165) is 6.42 Å². The minimum atomic E-state index is -0.447. The van der Waals surface area contributed by atoms with Crippen molar-refractivity contribution < 1.29 is 9.66 Å². The van der Waals surface area contributed by atoms with Crippen LogP contribution in [0.15, 0.2) is 0 Å². The van der Waals surface area contributed by atoms with Gasteiger partial charge in [0.15, 0.2) is 0 Å². The molecule has 0 spiro atoms. The maximum Gasteiger partial charge on any atom is 0.332 e. The summed E-state index contributed by atoms with van der Waals surface area (Å²) in [6.07, 6.45) is 0.787. The topological polar surface area (TPSA) is 119 Å². The number of aromatic nitrogens is 2. The second-order valence-corrected chi connectivity index (χ2v) is 5.06. The average molecular weight is 296 g/mol. The van der Waals surface area contributed by atoms with E-state index in [2.05, 4.69) is 15.4 Å². The zero-order valence-electron chi connectivity index (χ0n) is 12.4. The van der Waals surface area contributed by atoms with E-state index in [1.54, 1.807) is 6.92 Å². The zero-order valence-corrected chi connectivity index (χ0v) is 12.4. The van der Waals surface area contributed by atoms with Crippen LogP contribution in [0.3, 0.4) is 0 Å². The van der Waals surface area contributed by atoms with Gasteiger partial charge in [-0.2, -0.15) is 4.98 Å². The zero-order chi connectivity index (χ0) is 15.6. The number of aryl methyl sites for hydroxylation is 1. The fourth-order valence-corrected chi connectivity index (χ4v) is 2.47. The molecule has 1 aliphatic heterocycles. The summed E-state index contributed by atoms with van der Waals surface area (Å²) in [4.78, 5) is 21.1. The number of hydrogen-bond acceptors (Lipinski definition) is 8. The molecule has 2 rings (SSSR count). The van der Waals surface area contributed by atoms with Crippen molar-refractivity contribution >= 4 is 17.5 Å². The van der Waals surface area contributed by atoms with Gasteiger partial charge in [0.2, 0.25) is 11.8 Å². The van der Waals surface area contributed by atoms with Gasteiger partial charge in [0, 0.05) is 6.54 Å². The first-order valence-electron chi connectivity index (χ1n) is 6.85. The minimum Gasteiger partial charge on any atom is -0.375 e. The molecule has 0 radical (unpaired) electrons. The fraction of sp³-hybridized carbons (Fsp3) is 0.667. The summed E-state index contributed by atoms with van der Waals surface area (Å²) < 4.78 is 5.62. The molecule has 3 N–H and O–H groups in total. The second-order valence-electron chi connectivity index (χ2n) is 5.06. The summed E-state index contributed by atoms with van der Waals surface area (Å²) in [6, 6.07) is 0.0415. The van der Waals surface area contributed by atoms with Gasteiger partial charge >= 0.3 is 5.69 Å². The lowest BCUT2D eigenvalue weighted by Gasteiger charge is -2.38. The number of anilines is 2. The maximum atomic E-state index is 11.4. The first-order valence-corrected chi connectivity index (χ1v) is 6.85. The number of nitrogens with zero attached hydrogens (tertiary/aromatic N) is 4. The molecule has 1 aromatic heterocycles. The van der Waals surface area contributed by atoms with Crippen LogP contribution in [0.2, 0.25) is 0 Å². The van der Waals surface area contributed by atoms with Crippen LogP contribution in [-0.2, 0) is 4.74 Å². The molecule has 0 saturated carbocycles. The average Bonchev–Trinajstić information content (AvgIpc) is 2.45. The number of ether oxygens (including phenoxy) is 1. The van der Waals surface area contributed by atoms with Crippen LogP contribution in [-0.4, -0.2) is 40.2 Å². The number of nitrogens with two attached hydrogens (primary N) is 1. The standard InChI is InChI=1S/C12H20N6O3/c1-4-9-6-21-7(2)5-17(9)11-10(18(19)20)8(3)14-12(15-11)16-13/h7,9H,4-6,13H2,1-3H3,(H,14,15,16). The molecule has 1 saturated heterocycles. The number of hydrazine groups is 1. The Bertz CT molecular complexity index is 538. The normalized spacial score (nSPS) is 22.2. The molecule has 1 fully saturated rings. The van der Waals surface area contributed by atoms with E-state index in [1.165, 1.54) is 0 Å². The largest absolute Gasteiger partial charge is 0.375 e. The minimum absolute atomic E-state index is 0.0167. The molecule has 1 aliphatic rings. The van der Waals surface area contributed by atoms with Crippen LogP contribution in [0, 0.1) is 17.0 Å². The van der Waals surface area contributed by atoms with Crippen LogP contribution in [0.25, 0.3) is 0 Å². The highest BCUT2D eigenvalue weighted by molar-refractivity contribution is 5.63. The van der Waals surface area contributed by atoms with Crippen molar-refractivity contribution in [3.63, 3.8) is 0 Å². The smallest absolute Gasteiger partial charge is 0.332 e. The molecular formula is C12H20N6O3. The van der Waals surface area contributed by atoms with Crippen molar-refractivity contribution in [1.82, 2.24) is 9.97 Å². The number of rotatable bonds is 4. The van der Waals surface area contributed by atoms with E-state index < -0.39 is 4.92 Å². The predicted molar refractivity (Wildman–Crippen MR) is 78.1 cm³/mol. The van der Waals surface area contributed by atoms with Gasteiger partial charge in [-0.05, 0) is 20.3 Å². The van der Waals surface area contributed by atoms with Crippen LogP contribution in [0.1, 0.15) is 26.0 Å². The molecule has 0 aromatic carbocycles. The third-order valence-corrected chi connectivity index (χ3v) is 3.56. The third kappa shape index (κ3) is 3.03. The Morgan fingerprint density at radius 2 is 2.29 bits per heavy atom. The molecule has 21 heavy (non-hydrogen) atoms. The van der Waals surface area contributed by atoms with Crippen molar-refractivity contribution in [2.75, 3.05) is 23.5 Å². The molecule has 9 nitrogen and oxygen atoms in total. The molecule has 0 amide bonds. The van der Waals surface area contributed by atoms with E-state index >= 15 is 0 Å². The summed E-state index contributed by atoms with van der Waals surface area (Å²) >= 11 is 0. The van der Waals surface area contributed by atoms with E-state index in [1.807, 2.05) is 18.7 Å². The van der Waals surface area contributed by atoms with Gasteiger partial charge in [-0.25, -0.2) is 10.8 Å². The predicted octanol–water partition coefficient (Wildman–Crippen LogP) is 0.983. The van der Waals surface area contributed by atoms with Crippen molar-refractivity contribution in [3.05, 3.63) is 15.8 Å². The molecule has 9 heteroatoms.